The molecule has 1 aromatic carbocycles. The maximum atomic E-state index is 6.17. The quantitative estimate of drug-likeness (QED) is 0.835. The van der Waals surface area contributed by atoms with E-state index in [0.717, 1.165) is 33.1 Å². The molecule has 2 heterocycles. The Labute approximate surface area is 133 Å². The normalized spacial score (nSPS) is 20.1. The molecule has 0 fully saturated rings. The molecule has 1 aliphatic heterocycles. The summed E-state index contributed by atoms with van der Waals surface area (Å²) in [5.74, 6) is 6.50. The van der Waals surface area contributed by atoms with E-state index in [4.69, 9.17) is 11.6 Å². The zero-order valence-corrected chi connectivity index (χ0v) is 13.3. The van der Waals surface area contributed by atoms with Gasteiger partial charge >= 0.3 is 0 Å². The predicted molar refractivity (Wildman–Crippen MR) is 90.5 cm³/mol. The number of nitrogens with one attached hydrogen (secondary N) is 1. The largest absolute Gasteiger partial charge is 0.372 e. The van der Waals surface area contributed by atoms with Crippen molar-refractivity contribution in [3.05, 3.63) is 52.7 Å². The van der Waals surface area contributed by atoms with Crippen molar-refractivity contribution in [2.45, 2.75) is 25.3 Å². The molecule has 0 radical (unpaired) electrons. The van der Waals surface area contributed by atoms with Crippen LogP contribution in [0.4, 0.5) is 0 Å². The number of rotatable bonds is 2. The van der Waals surface area contributed by atoms with Crippen LogP contribution in [0.1, 0.15) is 18.4 Å². The van der Waals surface area contributed by atoms with Crippen LogP contribution in [0.2, 0.25) is 5.02 Å². The van der Waals surface area contributed by atoms with Crippen molar-refractivity contribution in [1.29, 1.82) is 0 Å². The third-order valence-electron chi connectivity index (χ3n) is 3.24. The molecule has 2 aromatic rings. The van der Waals surface area contributed by atoms with Crippen molar-refractivity contribution in [1.82, 2.24) is 10.3 Å². The molecule has 0 bridgehead atoms. The summed E-state index contributed by atoms with van der Waals surface area (Å²) in [6.07, 6.45) is 9.63. The highest BCUT2D eigenvalue weighted by Gasteiger charge is 2.15. The van der Waals surface area contributed by atoms with Gasteiger partial charge in [0, 0.05) is 12.8 Å². The zero-order chi connectivity index (χ0) is 14.7. The van der Waals surface area contributed by atoms with Crippen LogP contribution in [0, 0.1) is 11.8 Å². The van der Waals surface area contributed by atoms with Crippen LogP contribution < -0.4 is 5.32 Å². The Balaban J connectivity index is 1.66. The number of allylic oxidation sites excluding steroid dienone is 2. The first kappa shape index (κ1) is 14.2. The van der Waals surface area contributed by atoms with Crippen LogP contribution in [-0.2, 0) is 6.42 Å². The molecule has 1 aromatic heterocycles. The van der Waals surface area contributed by atoms with Crippen molar-refractivity contribution >= 4 is 33.2 Å². The lowest BCUT2D eigenvalue weighted by Gasteiger charge is -2.21. The number of aromatic nitrogens is 1. The number of halogens is 1. The minimum atomic E-state index is -0.258. The first-order valence-electron chi connectivity index (χ1n) is 6.82. The maximum Gasteiger partial charge on any atom is 0.114 e. The van der Waals surface area contributed by atoms with Crippen LogP contribution in [-0.4, -0.2) is 10.5 Å². The van der Waals surface area contributed by atoms with Gasteiger partial charge in [0.15, 0.2) is 0 Å². The molecule has 0 amide bonds. The van der Waals surface area contributed by atoms with Gasteiger partial charge in [-0.2, -0.15) is 0 Å². The third-order valence-corrected chi connectivity index (χ3v) is 4.83. The van der Waals surface area contributed by atoms with Crippen molar-refractivity contribution in [2.75, 3.05) is 0 Å². The minimum absolute atomic E-state index is 0.258. The SMILES string of the molecule is CC1(C#CCCc2nc3cccc(Cl)c3s2)C=CC=CN1. The molecule has 0 saturated heterocycles. The van der Waals surface area contributed by atoms with Gasteiger partial charge in [0.25, 0.3) is 0 Å². The van der Waals surface area contributed by atoms with E-state index in [-0.39, 0.29) is 5.54 Å². The van der Waals surface area contributed by atoms with Gasteiger partial charge in [-0.05, 0) is 37.4 Å². The summed E-state index contributed by atoms with van der Waals surface area (Å²) in [4.78, 5) is 4.60. The minimum Gasteiger partial charge on any atom is -0.372 e. The number of nitrogens with zero attached hydrogens (tertiary/aromatic N) is 1. The third kappa shape index (κ3) is 3.29. The van der Waals surface area contributed by atoms with Gasteiger partial charge < -0.3 is 5.32 Å². The zero-order valence-electron chi connectivity index (χ0n) is 11.7. The van der Waals surface area contributed by atoms with Gasteiger partial charge in [-0.3, -0.25) is 0 Å². The summed E-state index contributed by atoms with van der Waals surface area (Å²) in [7, 11) is 0. The molecule has 1 unspecified atom stereocenters. The lowest BCUT2D eigenvalue weighted by Crippen LogP contribution is -2.36. The second-order valence-electron chi connectivity index (χ2n) is 5.06. The summed E-state index contributed by atoms with van der Waals surface area (Å²) in [5.41, 5.74) is 0.718. The standard InChI is InChI=1S/C17H15ClN2S/c1-17(11-4-5-12-19-17)10-3-2-9-15-20-14-8-6-7-13(18)16(14)21-15/h4-8,11-12,19H,2,9H2,1H3. The molecular weight excluding hydrogens is 300 g/mol. The van der Waals surface area contributed by atoms with Crippen molar-refractivity contribution in [3.8, 4) is 11.8 Å². The van der Waals surface area contributed by atoms with Crippen LogP contribution in [0.5, 0.6) is 0 Å². The topological polar surface area (TPSA) is 24.9 Å². The monoisotopic (exact) mass is 314 g/mol. The summed E-state index contributed by atoms with van der Waals surface area (Å²) in [6, 6.07) is 5.83. The first-order valence-corrected chi connectivity index (χ1v) is 8.02. The molecule has 21 heavy (non-hydrogen) atoms. The van der Waals surface area contributed by atoms with Gasteiger partial charge in [-0.15, -0.1) is 17.3 Å². The van der Waals surface area contributed by atoms with E-state index < -0.39 is 0 Å². The molecule has 1 N–H and O–H groups in total. The molecule has 106 valence electrons. The van der Waals surface area contributed by atoms with Crippen molar-refractivity contribution < 1.29 is 0 Å². The van der Waals surface area contributed by atoms with Crippen LogP contribution >= 0.6 is 22.9 Å². The lowest BCUT2D eigenvalue weighted by atomic mass is 10.0. The van der Waals surface area contributed by atoms with E-state index in [9.17, 15) is 0 Å². The summed E-state index contributed by atoms with van der Waals surface area (Å²) in [6.45, 7) is 2.07. The Morgan fingerprint density at radius 1 is 1.38 bits per heavy atom. The fourth-order valence-electron chi connectivity index (χ4n) is 2.13. The van der Waals surface area contributed by atoms with E-state index in [1.165, 1.54) is 0 Å². The molecule has 3 rings (SSSR count). The molecule has 4 heteroatoms. The van der Waals surface area contributed by atoms with Gasteiger partial charge in [-0.1, -0.05) is 29.7 Å². The van der Waals surface area contributed by atoms with E-state index in [2.05, 4.69) is 35.1 Å². The molecule has 1 aliphatic rings. The summed E-state index contributed by atoms with van der Waals surface area (Å²) in [5, 5.41) is 5.12. The Hall–Kier alpha value is -1.76. The Morgan fingerprint density at radius 2 is 2.29 bits per heavy atom. The molecule has 0 aliphatic carbocycles. The lowest BCUT2D eigenvalue weighted by molar-refractivity contribution is 0.633. The first-order chi connectivity index (χ1) is 10.2. The maximum absolute atomic E-state index is 6.17. The average molecular weight is 315 g/mol. The van der Waals surface area contributed by atoms with Crippen molar-refractivity contribution in [2.24, 2.45) is 0 Å². The van der Waals surface area contributed by atoms with Crippen LogP contribution in [0.3, 0.4) is 0 Å². The fraction of sp³-hybridized carbons (Fsp3) is 0.235. The van der Waals surface area contributed by atoms with Gasteiger partial charge in [0.2, 0.25) is 0 Å². The highest BCUT2D eigenvalue weighted by atomic mass is 35.5. The average Bonchev–Trinajstić information content (AvgIpc) is 2.89. The number of hydrogen-bond donors (Lipinski definition) is 1. The molecule has 0 saturated carbocycles. The Kier molecular flexibility index (Phi) is 4.01. The number of hydrogen-bond acceptors (Lipinski definition) is 3. The fourth-order valence-corrected chi connectivity index (χ4v) is 3.39. The van der Waals surface area contributed by atoms with Gasteiger partial charge in [0.1, 0.15) is 5.54 Å². The summed E-state index contributed by atoms with van der Waals surface area (Å²) < 4.78 is 1.07. The second-order valence-corrected chi connectivity index (χ2v) is 6.55. The van der Waals surface area contributed by atoms with E-state index in [1.54, 1.807) is 11.3 Å². The van der Waals surface area contributed by atoms with Gasteiger partial charge in [0.05, 0.1) is 20.2 Å². The second kappa shape index (κ2) is 5.93. The number of fused-ring (bicyclic) bond motifs is 1. The summed E-state index contributed by atoms with van der Waals surface area (Å²) >= 11 is 7.83. The molecule has 2 nitrogen and oxygen atoms in total. The highest BCUT2D eigenvalue weighted by Crippen LogP contribution is 2.29. The Bertz CT molecular complexity index is 779. The van der Waals surface area contributed by atoms with E-state index >= 15 is 0 Å². The van der Waals surface area contributed by atoms with Crippen LogP contribution in [0.15, 0.2) is 42.6 Å². The number of aryl methyl sites for hydroxylation is 1. The van der Waals surface area contributed by atoms with Gasteiger partial charge in [-0.25, -0.2) is 4.98 Å². The van der Waals surface area contributed by atoms with Crippen molar-refractivity contribution in [3.63, 3.8) is 0 Å². The van der Waals surface area contributed by atoms with E-state index in [1.807, 2.05) is 36.6 Å². The number of benzene rings is 1. The van der Waals surface area contributed by atoms with Crippen LogP contribution in [0.25, 0.3) is 10.2 Å². The highest BCUT2D eigenvalue weighted by molar-refractivity contribution is 7.19. The molecule has 1 atom stereocenters. The van der Waals surface area contributed by atoms with E-state index in [0.29, 0.717) is 0 Å². The smallest absolute Gasteiger partial charge is 0.114 e. The molecule has 0 spiro atoms. The predicted octanol–water partition coefficient (Wildman–Crippen LogP) is 4.32. The number of dihydropyridines is 1. The number of thiazole rings is 1. The molecular formula is C17H15ClN2S. The Morgan fingerprint density at radius 3 is 3.05 bits per heavy atom.